The molecule has 0 saturated carbocycles. The zero-order valence-electron chi connectivity index (χ0n) is 5.80. The van der Waals surface area contributed by atoms with Crippen molar-refractivity contribution in [3.8, 4) is 0 Å². The van der Waals surface area contributed by atoms with Crippen molar-refractivity contribution in [3.05, 3.63) is 0 Å². The van der Waals surface area contributed by atoms with Crippen LogP contribution in [0.3, 0.4) is 0 Å². The van der Waals surface area contributed by atoms with Crippen LogP contribution in [0.2, 0.25) is 0 Å². The van der Waals surface area contributed by atoms with E-state index in [1.807, 2.05) is 6.92 Å². The summed E-state index contributed by atoms with van der Waals surface area (Å²) in [5.74, 6) is 0. The number of aliphatic hydroxyl groups is 2. The van der Waals surface area contributed by atoms with Crippen LogP contribution in [-0.4, -0.2) is 30.0 Å². The molecular weight excluding hydrogens is 118 g/mol. The van der Waals surface area contributed by atoms with Crippen molar-refractivity contribution in [1.82, 2.24) is 0 Å². The van der Waals surface area contributed by atoms with Gasteiger partial charge < -0.3 is 15.9 Å². The standard InChI is InChI=1S/C6H15NO2/c1-2-6(3-7,4-8)5-9/h8-9H,2-5,7H2,1H3. The highest BCUT2D eigenvalue weighted by Crippen LogP contribution is 2.17. The molecular formula is C6H15NO2. The largest absolute Gasteiger partial charge is 0.396 e. The summed E-state index contributed by atoms with van der Waals surface area (Å²) in [4.78, 5) is 0. The van der Waals surface area contributed by atoms with Crippen molar-refractivity contribution >= 4 is 0 Å². The minimum atomic E-state index is -0.444. The van der Waals surface area contributed by atoms with Crippen molar-refractivity contribution in [3.63, 3.8) is 0 Å². The molecule has 0 bridgehead atoms. The molecule has 3 nitrogen and oxygen atoms in total. The molecule has 4 N–H and O–H groups in total. The van der Waals surface area contributed by atoms with Gasteiger partial charge in [-0.25, -0.2) is 0 Å². The van der Waals surface area contributed by atoms with Gasteiger partial charge in [0.05, 0.1) is 13.2 Å². The van der Waals surface area contributed by atoms with Gasteiger partial charge in [-0.1, -0.05) is 6.92 Å². The van der Waals surface area contributed by atoms with Gasteiger partial charge in [-0.15, -0.1) is 0 Å². The third kappa shape index (κ3) is 1.93. The Kier molecular flexibility index (Phi) is 3.77. The molecule has 0 atom stereocenters. The summed E-state index contributed by atoms with van der Waals surface area (Å²) in [6.07, 6.45) is 0.719. The average molecular weight is 133 g/mol. The van der Waals surface area contributed by atoms with Crippen LogP contribution < -0.4 is 5.73 Å². The van der Waals surface area contributed by atoms with Crippen LogP contribution in [0.1, 0.15) is 13.3 Å². The minimum absolute atomic E-state index is 0.0312. The molecule has 0 fully saturated rings. The molecule has 56 valence electrons. The Morgan fingerprint density at radius 2 is 1.78 bits per heavy atom. The average Bonchev–Trinajstić information content (AvgIpc) is 1.95. The van der Waals surface area contributed by atoms with Gasteiger partial charge in [0.2, 0.25) is 0 Å². The summed E-state index contributed by atoms with van der Waals surface area (Å²) in [6, 6.07) is 0. The molecule has 0 aliphatic carbocycles. The lowest BCUT2D eigenvalue weighted by molar-refractivity contribution is 0.0585. The first-order valence-corrected chi connectivity index (χ1v) is 3.16. The van der Waals surface area contributed by atoms with Gasteiger partial charge >= 0.3 is 0 Å². The highest BCUT2D eigenvalue weighted by Gasteiger charge is 2.23. The van der Waals surface area contributed by atoms with Gasteiger partial charge in [-0.05, 0) is 6.42 Å². The second-order valence-electron chi connectivity index (χ2n) is 2.37. The third-order valence-corrected chi connectivity index (χ3v) is 1.85. The van der Waals surface area contributed by atoms with E-state index in [-0.39, 0.29) is 13.2 Å². The van der Waals surface area contributed by atoms with E-state index in [1.54, 1.807) is 0 Å². The zero-order valence-corrected chi connectivity index (χ0v) is 5.80. The van der Waals surface area contributed by atoms with E-state index in [1.165, 1.54) is 0 Å². The molecule has 0 aromatic carbocycles. The summed E-state index contributed by atoms with van der Waals surface area (Å²) in [5, 5.41) is 17.5. The van der Waals surface area contributed by atoms with Gasteiger partial charge in [0.25, 0.3) is 0 Å². The molecule has 0 aliphatic heterocycles. The van der Waals surface area contributed by atoms with Crippen LogP contribution >= 0.6 is 0 Å². The van der Waals surface area contributed by atoms with Crippen molar-refractivity contribution in [1.29, 1.82) is 0 Å². The Labute approximate surface area is 55.5 Å². The van der Waals surface area contributed by atoms with Crippen LogP contribution in [0.5, 0.6) is 0 Å². The van der Waals surface area contributed by atoms with Crippen molar-refractivity contribution in [2.45, 2.75) is 13.3 Å². The first-order valence-electron chi connectivity index (χ1n) is 3.16. The van der Waals surface area contributed by atoms with Crippen molar-refractivity contribution < 1.29 is 10.2 Å². The zero-order chi connectivity index (χ0) is 7.33. The maximum absolute atomic E-state index is 8.74. The van der Waals surface area contributed by atoms with Crippen LogP contribution in [-0.2, 0) is 0 Å². The number of aliphatic hydroxyl groups excluding tert-OH is 2. The highest BCUT2D eigenvalue weighted by molar-refractivity contribution is 4.76. The number of rotatable bonds is 4. The number of hydrogen-bond donors (Lipinski definition) is 3. The molecule has 3 heteroatoms. The molecule has 0 radical (unpaired) electrons. The topological polar surface area (TPSA) is 66.5 Å². The Morgan fingerprint density at radius 3 is 1.78 bits per heavy atom. The monoisotopic (exact) mass is 133 g/mol. The first-order chi connectivity index (χ1) is 4.24. The molecule has 0 heterocycles. The number of nitrogens with two attached hydrogens (primary N) is 1. The minimum Gasteiger partial charge on any atom is -0.396 e. The van der Waals surface area contributed by atoms with Gasteiger partial charge in [0.1, 0.15) is 0 Å². The normalized spacial score (nSPS) is 12.0. The van der Waals surface area contributed by atoms with Crippen LogP contribution in [0, 0.1) is 5.41 Å². The molecule has 9 heavy (non-hydrogen) atoms. The smallest absolute Gasteiger partial charge is 0.0521 e. The molecule has 0 aliphatic rings. The van der Waals surface area contributed by atoms with E-state index in [4.69, 9.17) is 15.9 Å². The molecule has 0 saturated heterocycles. The fourth-order valence-electron chi connectivity index (χ4n) is 0.547. The summed E-state index contributed by atoms with van der Waals surface area (Å²) in [5.41, 5.74) is 4.87. The van der Waals surface area contributed by atoms with E-state index in [9.17, 15) is 0 Å². The SMILES string of the molecule is CCC(CN)(CO)CO. The maximum atomic E-state index is 8.74. The van der Waals surface area contributed by atoms with Crippen LogP contribution in [0.25, 0.3) is 0 Å². The first kappa shape index (κ1) is 8.88. The van der Waals surface area contributed by atoms with E-state index in [0.29, 0.717) is 6.54 Å². The van der Waals surface area contributed by atoms with Crippen molar-refractivity contribution in [2.75, 3.05) is 19.8 Å². The molecule has 0 amide bonds. The van der Waals surface area contributed by atoms with Gasteiger partial charge in [-0.2, -0.15) is 0 Å². The summed E-state index contributed by atoms with van der Waals surface area (Å²) >= 11 is 0. The maximum Gasteiger partial charge on any atom is 0.0521 e. The predicted octanol–water partition coefficient (Wildman–Crippen LogP) is -0.674. The Morgan fingerprint density at radius 1 is 1.33 bits per heavy atom. The van der Waals surface area contributed by atoms with Gasteiger partial charge in [0.15, 0.2) is 0 Å². The summed E-state index contributed by atoms with van der Waals surface area (Å²) in [7, 11) is 0. The lowest BCUT2D eigenvalue weighted by Crippen LogP contribution is -2.37. The molecule has 0 rings (SSSR count). The fourth-order valence-corrected chi connectivity index (χ4v) is 0.547. The lowest BCUT2D eigenvalue weighted by Gasteiger charge is -2.25. The van der Waals surface area contributed by atoms with Gasteiger partial charge in [0, 0.05) is 12.0 Å². The molecule has 0 aromatic rings. The van der Waals surface area contributed by atoms with Crippen molar-refractivity contribution in [2.24, 2.45) is 11.1 Å². The quantitative estimate of drug-likeness (QED) is 0.476. The van der Waals surface area contributed by atoms with Crippen LogP contribution in [0.15, 0.2) is 0 Å². The molecule has 0 spiro atoms. The highest BCUT2D eigenvalue weighted by atomic mass is 16.3. The lowest BCUT2D eigenvalue weighted by atomic mass is 9.87. The van der Waals surface area contributed by atoms with E-state index in [2.05, 4.69) is 0 Å². The van der Waals surface area contributed by atoms with Crippen LogP contribution in [0.4, 0.5) is 0 Å². The third-order valence-electron chi connectivity index (χ3n) is 1.85. The predicted molar refractivity (Wildman–Crippen MR) is 35.9 cm³/mol. The second-order valence-corrected chi connectivity index (χ2v) is 2.37. The Bertz CT molecular complexity index is 53.9. The Balaban J connectivity index is 3.82. The van der Waals surface area contributed by atoms with E-state index in [0.717, 1.165) is 6.42 Å². The summed E-state index contributed by atoms with van der Waals surface area (Å²) < 4.78 is 0. The summed E-state index contributed by atoms with van der Waals surface area (Å²) in [6.45, 7) is 2.18. The Hall–Kier alpha value is -0.120. The fraction of sp³-hybridized carbons (Fsp3) is 1.00. The van der Waals surface area contributed by atoms with E-state index >= 15 is 0 Å². The molecule has 0 aromatic heterocycles. The number of hydrogen-bond acceptors (Lipinski definition) is 3. The van der Waals surface area contributed by atoms with Gasteiger partial charge in [-0.3, -0.25) is 0 Å². The molecule has 0 unspecified atom stereocenters. The van der Waals surface area contributed by atoms with E-state index < -0.39 is 5.41 Å². The second kappa shape index (κ2) is 3.82.